The van der Waals surface area contributed by atoms with E-state index in [1.54, 1.807) is 18.3 Å². The molecule has 1 saturated heterocycles. The number of aromatic nitrogens is 1. The minimum atomic E-state index is -0.903. The second-order valence-electron chi connectivity index (χ2n) is 3.37. The first-order valence-corrected chi connectivity index (χ1v) is 4.72. The Bertz CT molecular complexity index is 346. The van der Waals surface area contributed by atoms with Crippen LogP contribution in [0.1, 0.15) is 23.2 Å². The molecular formula is C10H12N2O2. The molecule has 0 amide bonds. The highest BCUT2D eigenvalue weighted by atomic mass is 16.4. The summed E-state index contributed by atoms with van der Waals surface area (Å²) in [7, 11) is 0. The molecule has 1 aliphatic heterocycles. The van der Waals surface area contributed by atoms with Gasteiger partial charge in [-0.3, -0.25) is 0 Å². The van der Waals surface area contributed by atoms with Crippen molar-refractivity contribution in [3.05, 3.63) is 23.9 Å². The zero-order valence-corrected chi connectivity index (χ0v) is 7.81. The molecule has 1 N–H and O–H groups in total. The van der Waals surface area contributed by atoms with Crippen LogP contribution in [0.5, 0.6) is 0 Å². The van der Waals surface area contributed by atoms with Gasteiger partial charge in [0.25, 0.3) is 0 Å². The molecule has 0 saturated carbocycles. The topological polar surface area (TPSA) is 53.4 Å². The molecule has 1 fully saturated rings. The van der Waals surface area contributed by atoms with E-state index in [1.165, 1.54) is 0 Å². The second-order valence-corrected chi connectivity index (χ2v) is 3.37. The number of pyridine rings is 1. The Morgan fingerprint density at radius 3 is 2.79 bits per heavy atom. The summed E-state index contributed by atoms with van der Waals surface area (Å²) in [6.07, 6.45) is 3.88. The fourth-order valence-corrected chi connectivity index (χ4v) is 1.74. The van der Waals surface area contributed by atoms with Gasteiger partial charge in [-0.15, -0.1) is 0 Å². The molecule has 0 radical (unpaired) electrons. The highest BCUT2D eigenvalue weighted by Crippen LogP contribution is 2.21. The maximum absolute atomic E-state index is 10.9. The smallest absolute Gasteiger partial charge is 0.339 e. The van der Waals surface area contributed by atoms with Crippen LogP contribution in [0, 0.1) is 0 Å². The summed E-state index contributed by atoms with van der Waals surface area (Å²) in [5, 5.41) is 8.96. The van der Waals surface area contributed by atoms with Gasteiger partial charge in [-0.2, -0.15) is 0 Å². The molecule has 0 atom stereocenters. The van der Waals surface area contributed by atoms with Crippen molar-refractivity contribution in [3.8, 4) is 0 Å². The van der Waals surface area contributed by atoms with Gasteiger partial charge in [-0.25, -0.2) is 9.78 Å². The van der Waals surface area contributed by atoms with Crippen molar-refractivity contribution in [2.24, 2.45) is 0 Å². The normalized spacial score (nSPS) is 15.9. The van der Waals surface area contributed by atoms with Gasteiger partial charge in [0.05, 0.1) is 0 Å². The van der Waals surface area contributed by atoms with Crippen LogP contribution in [0.15, 0.2) is 18.3 Å². The average molecular weight is 192 g/mol. The first-order chi connectivity index (χ1) is 6.79. The Morgan fingerprint density at radius 1 is 1.43 bits per heavy atom. The molecule has 0 aromatic carbocycles. The van der Waals surface area contributed by atoms with Crippen LogP contribution in [-0.2, 0) is 0 Å². The van der Waals surface area contributed by atoms with E-state index in [2.05, 4.69) is 4.98 Å². The zero-order valence-electron chi connectivity index (χ0n) is 7.81. The van der Waals surface area contributed by atoms with Crippen molar-refractivity contribution in [2.75, 3.05) is 18.0 Å². The van der Waals surface area contributed by atoms with Crippen LogP contribution >= 0.6 is 0 Å². The fraction of sp³-hybridized carbons (Fsp3) is 0.400. The van der Waals surface area contributed by atoms with E-state index < -0.39 is 5.97 Å². The molecule has 0 unspecified atom stereocenters. The minimum Gasteiger partial charge on any atom is -0.478 e. The van der Waals surface area contributed by atoms with Gasteiger partial charge in [0.15, 0.2) is 0 Å². The van der Waals surface area contributed by atoms with Crippen LogP contribution in [-0.4, -0.2) is 29.1 Å². The standard InChI is InChI=1S/C10H12N2O2/c13-10(14)8-4-3-5-11-9(8)12-6-1-2-7-12/h3-5H,1-2,6-7H2,(H,13,14). The van der Waals surface area contributed by atoms with Gasteiger partial charge in [-0.05, 0) is 25.0 Å². The van der Waals surface area contributed by atoms with E-state index in [4.69, 9.17) is 5.11 Å². The lowest BCUT2D eigenvalue weighted by molar-refractivity contribution is 0.0697. The number of hydrogen-bond acceptors (Lipinski definition) is 3. The lowest BCUT2D eigenvalue weighted by atomic mass is 10.2. The number of carboxylic acids is 1. The molecule has 14 heavy (non-hydrogen) atoms. The molecule has 0 spiro atoms. The van der Waals surface area contributed by atoms with Crippen molar-refractivity contribution < 1.29 is 9.90 Å². The summed E-state index contributed by atoms with van der Waals surface area (Å²) in [6.45, 7) is 1.83. The summed E-state index contributed by atoms with van der Waals surface area (Å²) in [6, 6.07) is 3.26. The van der Waals surface area contributed by atoms with Crippen LogP contribution in [0.4, 0.5) is 5.82 Å². The molecule has 1 aromatic rings. The molecule has 2 heterocycles. The quantitative estimate of drug-likeness (QED) is 0.769. The molecule has 0 aliphatic carbocycles. The lowest BCUT2D eigenvalue weighted by Crippen LogP contribution is -2.21. The SMILES string of the molecule is O=C(O)c1cccnc1N1CCCC1. The summed E-state index contributed by atoms with van der Waals surface area (Å²) in [4.78, 5) is 17.1. The maximum Gasteiger partial charge on any atom is 0.339 e. The Kier molecular flexibility index (Phi) is 2.35. The Balaban J connectivity index is 2.35. The van der Waals surface area contributed by atoms with Crippen LogP contribution in [0.25, 0.3) is 0 Å². The van der Waals surface area contributed by atoms with Gasteiger partial charge >= 0.3 is 5.97 Å². The monoisotopic (exact) mass is 192 g/mol. The lowest BCUT2D eigenvalue weighted by Gasteiger charge is -2.17. The predicted molar refractivity (Wildman–Crippen MR) is 52.6 cm³/mol. The summed E-state index contributed by atoms with van der Waals surface area (Å²) < 4.78 is 0. The number of anilines is 1. The number of nitrogens with zero attached hydrogens (tertiary/aromatic N) is 2. The van der Waals surface area contributed by atoms with Crippen LogP contribution < -0.4 is 4.90 Å². The van der Waals surface area contributed by atoms with Crippen molar-refractivity contribution >= 4 is 11.8 Å². The Hall–Kier alpha value is -1.58. The Labute approximate surface area is 82.2 Å². The molecule has 1 aliphatic rings. The molecule has 2 rings (SSSR count). The van der Waals surface area contributed by atoms with E-state index in [0.717, 1.165) is 25.9 Å². The van der Waals surface area contributed by atoms with E-state index in [0.29, 0.717) is 11.4 Å². The largest absolute Gasteiger partial charge is 0.478 e. The molecule has 4 heteroatoms. The first kappa shape index (κ1) is 8.99. The average Bonchev–Trinajstić information content (AvgIpc) is 2.70. The third-order valence-corrected chi connectivity index (χ3v) is 2.42. The van der Waals surface area contributed by atoms with Gasteiger partial charge in [0.2, 0.25) is 0 Å². The van der Waals surface area contributed by atoms with Crippen molar-refractivity contribution in [1.82, 2.24) is 4.98 Å². The first-order valence-electron chi connectivity index (χ1n) is 4.72. The number of rotatable bonds is 2. The van der Waals surface area contributed by atoms with Gasteiger partial charge in [0, 0.05) is 19.3 Å². The summed E-state index contributed by atoms with van der Waals surface area (Å²) >= 11 is 0. The van der Waals surface area contributed by atoms with E-state index in [-0.39, 0.29) is 0 Å². The van der Waals surface area contributed by atoms with Gasteiger partial charge in [0.1, 0.15) is 11.4 Å². The van der Waals surface area contributed by atoms with Crippen molar-refractivity contribution in [1.29, 1.82) is 0 Å². The Morgan fingerprint density at radius 2 is 2.14 bits per heavy atom. The molecule has 0 bridgehead atoms. The number of carbonyl (C=O) groups is 1. The third kappa shape index (κ3) is 1.55. The second kappa shape index (κ2) is 3.65. The van der Waals surface area contributed by atoms with E-state index >= 15 is 0 Å². The summed E-state index contributed by atoms with van der Waals surface area (Å²) in [5.41, 5.74) is 0.300. The maximum atomic E-state index is 10.9. The molecule has 74 valence electrons. The van der Waals surface area contributed by atoms with Crippen LogP contribution in [0.2, 0.25) is 0 Å². The minimum absolute atomic E-state index is 0.300. The molecule has 1 aromatic heterocycles. The van der Waals surface area contributed by atoms with Gasteiger partial charge in [-0.1, -0.05) is 0 Å². The highest BCUT2D eigenvalue weighted by Gasteiger charge is 2.19. The van der Waals surface area contributed by atoms with Gasteiger partial charge < -0.3 is 10.0 Å². The summed E-state index contributed by atoms with van der Waals surface area (Å²) in [5.74, 6) is -0.294. The predicted octanol–water partition coefficient (Wildman–Crippen LogP) is 1.38. The van der Waals surface area contributed by atoms with Crippen molar-refractivity contribution in [3.63, 3.8) is 0 Å². The highest BCUT2D eigenvalue weighted by molar-refractivity contribution is 5.93. The van der Waals surface area contributed by atoms with Crippen LogP contribution in [0.3, 0.4) is 0 Å². The molecule has 4 nitrogen and oxygen atoms in total. The molecular weight excluding hydrogens is 180 g/mol. The number of hydrogen-bond donors (Lipinski definition) is 1. The van der Waals surface area contributed by atoms with E-state index in [9.17, 15) is 4.79 Å². The van der Waals surface area contributed by atoms with Crippen molar-refractivity contribution in [2.45, 2.75) is 12.8 Å². The third-order valence-electron chi connectivity index (χ3n) is 2.42. The zero-order chi connectivity index (χ0) is 9.97. The number of carboxylic acid groups (broad SMARTS) is 1. The van der Waals surface area contributed by atoms with E-state index in [1.807, 2.05) is 4.90 Å². The number of aromatic carboxylic acids is 1. The fourth-order valence-electron chi connectivity index (χ4n) is 1.74.